The van der Waals surface area contributed by atoms with Gasteiger partial charge >= 0.3 is 0 Å². The molecule has 2 rings (SSSR count). The van der Waals surface area contributed by atoms with Crippen LogP contribution in [-0.2, 0) is 6.42 Å². The molecule has 0 aliphatic heterocycles. The van der Waals surface area contributed by atoms with Crippen LogP contribution < -0.4 is 0 Å². The molecule has 0 radical (unpaired) electrons. The van der Waals surface area contributed by atoms with E-state index in [0.29, 0.717) is 6.42 Å². The van der Waals surface area contributed by atoms with Gasteiger partial charge in [0.25, 0.3) is 0 Å². The van der Waals surface area contributed by atoms with Gasteiger partial charge in [-0.25, -0.2) is 0 Å². The van der Waals surface area contributed by atoms with Gasteiger partial charge in [-0.05, 0) is 29.5 Å². The van der Waals surface area contributed by atoms with Gasteiger partial charge in [0.05, 0.1) is 0 Å². The first kappa shape index (κ1) is 12.6. The van der Waals surface area contributed by atoms with Crippen LogP contribution in [0, 0.1) is 0 Å². The molecule has 0 saturated heterocycles. The van der Waals surface area contributed by atoms with E-state index < -0.39 is 0 Å². The molecule has 0 saturated carbocycles. The second-order valence-electron chi connectivity index (χ2n) is 4.27. The van der Waals surface area contributed by atoms with Gasteiger partial charge in [-0.3, -0.25) is 0 Å². The van der Waals surface area contributed by atoms with Crippen LogP contribution in [0.2, 0.25) is 0 Å². The number of allylic oxidation sites excluding steroid dienone is 1. The lowest BCUT2D eigenvalue weighted by atomic mass is 9.97. The van der Waals surface area contributed by atoms with E-state index in [4.69, 9.17) is 5.11 Å². The molecule has 0 spiro atoms. The number of aliphatic hydroxyl groups is 1. The Morgan fingerprint density at radius 1 is 0.889 bits per heavy atom. The molecule has 0 bridgehead atoms. The Bertz CT molecular complexity index is 486. The Morgan fingerprint density at radius 3 is 2.11 bits per heavy atom. The number of aliphatic hydroxyl groups excluding tert-OH is 1. The number of benzene rings is 2. The fourth-order valence-electron chi connectivity index (χ4n) is 2.00. The van der Waals surface area contributed by atoms with Crippen LogP contribution in [0.25, 0.3) is 5.57 Å². The summed E-state index contributed by atoms with van der Waals surface area (Å²) < 4.78 is 0. The SMILES string of the molecule is OCC/C=C(/Cc1ccccc1)c1ccccc1. The highest BCUT2D eigenvalue weighted by Crippen LogP contribution is 2.20. The molecule has 0 amide bonds. The van der Waals surface area contributed by atoms with Crippen LogP contribution in [0.5, 0.6) is 0 Å². The van der Waals surface area contributed by atoms with Crippen molar-refractivity contribution >= 4 is 5.57 Å². The Hall–Kier alpha value is -1.86. The Morgan fingerprint density at radius 2 is 1.50 bits per heavy atom. The van der Waals surface area contributed by atoms with E-state index in [1.54, 1.807) is 0 Å². The summed E-state index contributed by atoms with van der Waals surface area (Å²) in [4.78, 5) is 0. The fourth-order valence-corrected chi connectivity index (χ4v) is 2.00. The van der Waals surface area contributed by atoms with Gasteiger partial charge in [0.15, 0.2) is 0 Å². The third-order valence-electron chi connectivity index (χ3n) is 2.90. The van der Waals surface area contributed by atoms with Gasteiger partial charge < -0.3 is 5.11 Å². The van der Waals surface area contributed by atoms with Crippen molar-refractivity contribution in [3.05, 3.63) is 77.9 Å². The lowest BCUT2D eigenvalue weighted by Crippen LogP contribution is -1.92. The summed E-state index contributed by atoms with van der Waals surface area (Å²) in [5.41, 5.74) is 3.80. The van der Waals surface area contributed by atoms with Crippen LogP contribution >= 0.6 is 0 Å². The highest BCUT2D eigenvalue weighted by atomic mass is 16.2. The topological polar surface area (TPSA) is 20.2 Å². The van der Waals surface area contributed by atoms with E-state index in [9.17, 15) is 0 Å². The van der Waals surface area contributed by atoms with Gasteiger partial charge in [0.2, 0.25) is 0 Å². The second kappa shape index (κ2) is 6.77. The molecule has 0 aliphatic carbocycles. The van der Waals surface area contributed by atoms with Gasteiger partial charge in [0, 0.05) is 6.61 Å². The first-order valence-electron chi connectivity index (χ1n) is 6.29. The highest BCUT2D eigenvalue weighted by Gasteiger charge is 2.02. The Kier molecular flexibility index (Phi) is 4.74. The Balaban J connectivity index is 2.22. The summed E-state index contributed by atoms with van der Waals surface area (Å²) in [6.07, 6.45) is 3.74. The molecule has 0 atom stereocenters. The lowest BCUT2D eigenvalue weighted by Gasteiger charge is -2.08. The summed E-state index contributed by atoms with van der Waals surface area (Å²) >= 11 is 0. The van der Waals surface area contributed by atoms with Crippen molar-refractivity contribution in [2.75, 3.05) is 6.61 Å². The van der Waals surface area contributed by atoms with E-state index in [1.165, 1.54) is 16.7 Å². The van der Waals surface area contributed by atoms with E-state index in [1.807, 2.05) is 24.3 Å². The van der Waals surface area contributed by atoms with Gasteiger partial charge in [-0.1, -0.05) is 66.7 Å². The predicted molar refractivity (Wildman–Crippen MR) is 76.3 cm³/mol. The minimum Gasteiger partial charge on any atom is -0.396 e. The van der Waals surface area contributed by atoms with Crippen molar-refractivity contribution in [1.29, 1.82) is 0 Å². The number of hydrogen-bond acceptors (Lipinski definition) is 1. The Labute approximate surface area is 108 Å². The molecule has 2 aromatic rings. The van der Waals surface area contributed by atoms with Crippen LogP contribution in [-0.4, -0.2) is 11.7 Å². The molecule has 0 fully saturated rings. The average Bonchev–Trinajstić information content (AvgIpc) is 2.45. The monoisotopic (exact) mass is 238 g/mol. The van der Waals surface area contributed by atoms with Crippen LogP contribution in [0.4, 0.5) is 0 Å². The minimum absolute atomic E-state index is 0.200. The second-order valence-corrected chi connectivity index (χ2v) is 4.27. The largest absolute Gasteiger partial charge is 0.396 e. The zero-order valence-corrected chi connectivity index (χ0v) is 10.4. The summed E-state index contributed by atoms with van der Waals surface area (Å²) in [6.45, 7) is 0.200. The number of hydrogen-bond donors (Lipinski definition) is 1. The van der Waals surface area contributed by atoms with E-state index in [-0.39, 0.29) is 6.61 Å². The molecule has 0 heterocycles. The summed E-state index contributed by atoms with van der Waals surface area (Å²) in [6, 6.07) is 20.8. The molecular weight excluding hydrogens is 220 g/mol. The van der Waals surface area contributed by atoms with Crippen molar-refractivity contribution in [3.8, 4) is 0 Å². The van der Waals surface area contributed by atoms with Crippen LogP contribution in [0.3, 0.4) is 0 Å². The summed E-state index contributed by atoms with van der Waals surface area (Å²) in [7, 11) is 0. The zero-order valence-electron chi connectivity index (χ0n) is 10.4. The summed E-state index contributed by atoms with van der Waals surface area (Å²) in [5.74, 6) is 0. The summed E-state index contributed by atoms with van der Waals surface area (Å²) in [5, 5.41) is 8.98. The first-order chi connectivity index (χ1) is 8.90. The van der Waals surface area contributed by atoms with Gasteiger partial charge in [-0.15, -0.1) is 0 Å². The van der Waals surface area contributed by atoms with E-state index in [2.05, 4.69) is 42.5 Å². The molecule has 2 aromatic carbocycles. The van der Waals surface area contributed by atoms with Crippen molar-refractivity contribution in [2.24, 2.45) is 0 Å². The average molecular weight is 238 g/mol. The lowest BCUT2D eigenvalue weighted by molar-refractivity contribution is 0.302. The first-order valence-corrected chi connectivity index (χ1v) is 6.29. The standard InChI is InChI=1S/C17H18O/c18-13-7-12-17(16-10-5-2-6-11-16)14-15-8-3-1-4-9-15/h1-6,8-12,18H,7,13-14H2/b17-12-. The molecule has 0 aromatic heterocycles. The molecule has 1 nitrogen and oxygen atoms in total. The molecule has 18 heavy (non-hydrogen) atoms. The smallest absolute Gasteiger partial charge is 0.0465 e. The predicted octanol–water partition coefficient (Wildman–Crippen LogP) is 3.70. The van der Waals surface area contributed by atoms with E-state index >= 15 is 0 Å². The molecule has 1 heteroatoms. The van der Waals surface area contributed by atoms with Crippen LogP contribution in [0.15, 0.2) is 66.7 Å². The fraction of sp³-hybridized carbons (Fsp3) is 0.176. The maximum absolute atomic E-state index is 8.98. The van der Waals surface area contributed by atoms with E-state index in [0.717, 1.165) is 6.42 Å². The molecule has 0 aliphatic rings. The van der Waals surface area contributed by atoms with Crippen molar-refractivity contribution < 1.29 is 5.11 Å². The van der Waals surface area contributed by atoms with Crippen LogP contribution in [0.1, 0.15) is 17.5 Å². The highest BCUT2D eigenvalue weighted by molar-refractivity contribution is 5.67. The molecular formula is C17H18O. The molecule has 92 valence electrons. The van der Waals surface area contributed by atoms with Crippen molar-refractivity contribution in [3.63, 3.8) is 0 Å². The maximum Gasteiger partial charge on any atom is 0.0465 e. The zero-order chi connectivity index (χ0) is 12.6. The number of rotatable bonds is 5. The van der Waals surface area contributed by atoms with Crippen molar-refractivity contribution in [2.45, 2.75) is 12.8 Å². The quantitative estimate of drug-likeness (QED) is 0.842. The minimum atomic E-state index is 0.200. The van der Waals surface area contributed by atoms with Gasteiger partial charge in [0.1, 0.15) is 0 Å². The normalized spacial score (nSPS) is 11.5. The van der Waals surface area contributed by atoms with Crippen molar-refractivity contribution in [1.82, 2.24) is 0 Å². The third-order valence-corrected chi connectivity index (χ3v) is 2.90. The molecule has 1 N–H and O–H groups in total. The maximum atomic E-state index is 8.98. The van der Waals surface area contributed by atoms with Gasteiger partial charge in [-0.2, -0.15) is 0 Å². The third kappa shape index (κ3) is 3.57. The molecule has 0 unspecified atom stereocenters.